The second-order valence-corrected chi connectivity index (χ2v) is 8.50. The van der Waals surface area contributed by atoms with Crippen LogP contribution in [-0.2, 0) is 6.61 Å². The highest BCUT2D eigenvalue weighted by molar-refractivity contribution is 9.10. The number of carbonyl (C=O) groups is 1. The van der Waals surface area contributed by atoms with Gasteiger partial charge in [-0.15, -0.1) is 0 Å². The molecule has 0 aliphatic heterocycles. The fraction of sp³-hybridized carbons (Fsp3) is 0.231. The first-order valence-electron chi connectivity index (χ1n) is 10.4. The Labute approximate surface area is 202 Å². The molecule has 7 heteroatoms. The summed E-state index contributed by atoms with van der Waals surface area (Å²) in [7, 11) is 1.58. The van der Waals surface area contributed by atoms with Gasteiger partial charge < -0.3 is 14.6 Å². The molecule has 0 aliphatic rings. The number of phenols is 1. The van der Waals surface area contributed by atoms with Crippen molar-refractivity contribution < 1.29 is 19.4 Å². The molecule has 1 amide bonds. The highest BCUT2D eigenvalue weighted by Gasteiger charge is 2.15. The number of nitrogens with zero attached hydrogens (tertiary/aromatic N) is 1. The van der Waals surface area contributed by atoms with E-state index in [9.17, 15) is 9.90 Å². The molecule has 3 aromatic rings. The molecule has 6 nitrogen and oxygen atoms in total. The van der Waals surface area contributed by atoms with E-state index < -0.39 is 5.91 Å². The van der Waals surface area contributed by atoms with E-state index in [-0.39, 0.29) is 11.3 Å². The number of methoxy groups -OCH3 is 1. The Balaban J connectivity index is 1.72. The Morgan fingerprint density at radius 3 is 2.33 bits per heavy atom. The maximum Gasteiger partial charge on any atom is 0.275 e. The van der Waals surface area contributed by atoms with E-state index in [1.54, 1.807) is 25.3 Å². The Morgan fingerprint density at radius 2 is 1.70 bits per heavy atom. The van der Waals surface area contributed by atoms with Crippen LogP contribution in [0.15, 0.2) is 52.0 Å². The van der Waals surface area contributed by atoms with Crippen molar-refractivity contribution in [3.05, 3.63) is 85.9 Å². The lowest BCUT2D eigenvalue weighted by Crippen LogP contribution is -2.17. The van der Waals surface area contributed by atoms with Gasteiger partial charge in [-0.3, -0.25) is 4.79 Å². The predicted octanol–water partition coefficient (Wildman–Crippen LogP) is 5.74. The van der Waals surface area contributed by atoms with Gasteiger partial charge in [-0.1, -0.05) is 28.1 Å². The van der Waals surface area contributed by atoms with Crippen molar-refractivity contribution in [1.82, 2.24) is 5.43 Å². The molecule has 0 saturated heterocycles. The number of amides is 1. The first kappa shape index (κ1) is 24.3. The molecule has 0 fully saturated rings. The van der Waals surface area contributed by atoms with Crippen LogP contribution in [0.1, 0.15) is 43.7 Å². The number of carbonyl (C=O) groups excluding carboxylic acids is 1. The molecule has 33 heavy (non-hydrogen) atoms. The average molecular weight is 511 g/mol. The predicted molar refractivity (Wildman–Crippen MR) is 134 cm³/mol. The fourth-order valence-electron chi connectivity index (χ4n) is 3.49. The Morgan fingerprint density at radius 1 is 1.03 bits per heavy atom. The zero-order valence-corrected chi connectivity index (χ0v) is 20.9. The molecule has 0 atom stereocenters. The zero-order valence-electron chi connectivity index (χ0n) is 19.3. The SMILES string of the molecule is COc1cc(/C=N/NC(=O)c2ccccc2O)ccc1OCc1c(C)c(C)c(Br)c(C)c1C. The standard InChI is InChI=1S/C26H27BrN2O4/c1-15-17(3)25(27)18(4)16(2)21(15)14-33-23-11-10-19(12-24(23)32-5)13-28-29-26(31)20-8-6-7-9-22(20)30/h6-13,30H,14H2,1-5H3,(H,29,31)/b28-13+. The Bertz CT molecular complexity index is 1190. The normalized spacial score (nSPS) is 11.0. The summed E-state index contributed by atoms with van der Waals surface area (Å²) in [6.45, 7) is 8.83. The number of aromatic hydroxyl groups is 1. The summed E-state index contributed by atoms with van der Waals surface area (Å²) in [6, 6.07) is 11.7. The summed E-state index contributed by atoms with van der Waals surface area (Å²) < 4.78 is 12.7. The third-order valence-electron chi connectivity index (χ3n) is 5.78. The van der Waals surface area contributed by atoms with E-state index in [1.807, 2.05) is 12.1 Å². The van der Waals surface area contributed by atoms with Crippen molar-refractivity contribution in [3.63, 3.8) is 0 Å². The van der Waals surface area contributed by atoms with Gasteiger partial charge in [0.25, 0.3) is 5.91 Å². The van der Waals surface area contributed by atoms with Gasteiger partial charge in [0, 0.05) is 4.47 Å². The van der Waals surface area contributed by atoms with E-state index in [2.05, 4.69) is 54.2 Å². The van der Waals surface area contributed by atoms with Gasteiger partial charge in [0.15, 0.2) is 11.5 Å². The molecule has 0 heterocycles. The van der Waals surface area contributed by atoms with Crippen LogP contribution < -0.4 is 14.9 Å². The highest BCUT2D eigenvalue weighted by atomic mass is 79.9. The van der Waals surface area contributed by atoms with Crippen molar-refractivity contribution in [2.75, 3.05) is 7.11 Å². The van der Waals surface area contributed by atoms with Crippen molar-refractivity contribution in [1.29, 1.82) is 0 Å². The molecule has 172 valence electrons. The monoisotopic (exact) mass is 510 g/mol. The van der Waals surface area contributed by atoms with E-state index in [4.69, 9.17) is 9.47 Å². The van der Waals surface area contributed by atoms with Crippen LogP contribution in [-0.4, -0.2) is 24.3 Å². The number of para-hydroxylation sites is 1. The third kappa shape index (κ3) is 5.37. The van der Waals surface area contributed by atoms with E-state index >= 15 is 0 Å². The third-order valence-corrected chi connectivity index (χ3v) is 6.97. The lowest BCUT2D eigenvalue weighted by Gasteiger charge is -2.19. The fourth-order valence-corrected chi connectivity index (χ4v) is 4.08. The number of hydrogen-bond acceptors (Lipinski definition) is 5. The number of benzene rings is 3. The minimum atomic E-state index is -0.498. The molecule has 3 aromatic carbocycles. The van der Waals surface area contributed by atoms with Gasteiger partial charge in [0.1, 0.15) is 12.4 Å². The van der Waals surface area contributed by atoms with E-state index in [1.165, 1.54) is 40.6 Å². The van der Waals surface area contributed by atoms with Crippen LogP contribution >= 0.6 is 15.9 Å². The molecule has 0 bridgehead atoms. The molecule has 0 aromatic heterocycles. The first-order chi connectivity index (χ1) is 15.7. The van der Waals surface area contributed by atoms with Crippen LogP contribution in [0.25, 0.3) is 0 Å². The maximum absolute atomic E-state index is 12.1. The Hall–Kier alpha value is -3.32. The number of nitrogens with one attached hydrogen (secondary N) is 1. The van der Waals surface area contributed by atoms with Gasteiger partial charge in [-0.25, -0.2) is 5.43 Å². The van der Waals surface area contributed by atoms with Gasteiger partial charge in [-0.2, -0.15) is 5.10 Å². The van der Waals surface area contributed by atoms with Gasteiger partial charge in [0.2, 0.25) is 0 Å². The number of phenolic OH excluding ortho intramolecular Hbond substituents is 1. The molecule has 2 N–H and O–H groups in total. The van der Waals surface area contributed by atoms with Crippen LogP contribution in [0.3, 0.4) is 0 Å². The zero-order chi connectivity index (χ0) is 24.1. The number of ether oxygens (including phenoxy) is 2. The summed E-state index contributed by atoms with van der Waals surface area (Å²) in [6.07, 6.45) is 1.50. The number of rotatable bonds is 7. The Kier molecular flexibility index (Phi) is 7.76. The largest absolute Gasteiger partial charge is 0.507 e. The lowest BCUT2D eigenvalue weighted by molar-refractivity contribution is 0.0952. The summed E-state index contributed by atoms with van der Waals surface area (Å²) in [5, 5.41) is 13.7. The van der Waals surface area contributed by atoms with Crippen molar-refractivity contribution in [2.24, 2.45) is 5.10 Å². The average Bonchev–Trinajstić information content (AvgIpc) is 2.82. The van der Waals surface area contributed by atoms with Gasteiger partial charge >= 0.3 is 0 Å². The van der Waals surface area contributed by atoms with Crippen molar-refractivity contribution in [3.8, 4) is 17.2 Å². The molecule has 0 spiro atoms. The van der Waals surface area contributed by atoms with Crippen LogP contribution in [0.5, 0.6) is 17.2 Å². The summed E-state index contributed by atoms with van der Waals surface area (Å²) in [5.41, 5.74) is 9.27. The molecular formula is C26H27BrN2O4. The van der Waals surface area contributed by atoms with Crippen LogP contribution in [0.4, 0.5) is 0 Å². The molecule has 0 unspecified atom stereocenters. The first-order valence-corrected chi connectivity index (χ1v) is 11.2. The quantitative estimate of drug-likeness (QED) is 0.313. The second-order valence-electron chi connectivity index (χ2n) is 7.71. The summed E-state index contributed by atoms with van der Waals surface area (Å²) in [4.78, 5) is 12.1. The summed E-state index contributed by atoms with van der Waals surface area (Å²) >= 11 is 3.68. The summed E-state index contributed by atoms with van der Waals surface area (Å²) in [5.74, 6) is 0.578. The molecule has 0 radical (unpaired) electrons. The van der Waals surface area contributed by atoms with Gasteiger partial charge in [-0.05, 0) is 91.4 Å². The number of hydrogen-bond donors (Lipinski definition) is 2. The smallest absolute Gasteiger partial charge is 0.275 e. The highest BCUT2D eigenvalue weighted by Crippen LogP contribution is 2.33. The molecule has 3 rings (SSSR count). The van der Waals surface area contributed by atoms with Gasteiger partial charge in [0.05, 0.1) is 18.9 Å². The van der Waals surface area contributed by atoms with Crippen LogP contribution in [0.2, 0.25) is 0 Å². The van der Waals surface area contributed by atoms with Crippen LogP contribution in [0, 0.1) is 27.7 Å². The van der Waals surface area contributed by atoms with Crippen molar-refractivity contribution >= 4 is 28.1 Å². The number of hydrazone groups is 1. The minimum absolute atomic E-state index is 0.102. The van der Waals surface area contributed by atoms with E-state index in [0.29, 0.717) is 18.1 Å². The maximum atomic E-state index is 12.1. The lowest BCUT2D eigenvalue weighted by atomic mass is 9.95. The molecule has 0 saturated carbocycles. The second kappa shape index (κ2) is 10.5. The number of halogens is 1. The molecule has 0 aliphatic carbocycles. The molecular weight excluding hydrogens is 484 g/mol. The van der Waals surface area contributed by atoms with E-state index in [0.717, 1.165) is 15.6 Å². The van der Waals surface area contributed by atoms with Crippen molar-refractivity contribution in [2.45, 2.75) is 34.3 Å². The minimum Gasteiger partial charge on any atom is -0.507 e. The topological polar surface area (TPSA) is 80.2 Å².